The monoisotopic (exact) mass is 474 g/mol. The zero-order valence-corrected chi connectivity index (χ0v) is 19.0. The van der Waals surface area contributed by atoms with Crippen molar-refractivity contribution in [2.75, 3.05) is 13.1 Å². The van der Waals surface area contributed by atoms with E-state index in [1.807, 2.05) is 12.1 Å². The Hall–Kier alpha value is -2.94. The summed E-state index contributed by atoms with van der Waals surface area (Å²) < 4.78 is 20.2. The van der Waals surface area contributed by atoms with Gasteiger partial charge >= 0.3 is 5.97 Å². The predicted octanol–water partition coefficient (Wildman–Crippen LogP) is 3.95. The van der Waals surface area contributed by atoms with Gasteiger partial charge in [-0.15, -0.1) is 11.3 Å². The van der Waals surface area contributed by atoms with Crippen molar-refractivity contribution in [3.05, 3.63) is 51.5 Å². The van der Waals surface area contributed by atoms with Crippen molar-refractivity contribution in [2.24, 2.45) is 5.92 Å². The van der Waals surface area contributed by atoms with Gasteiger partial charge in [0.05, 0.1) is 22.5 Å². The van der Waals surface area contributed by atoms with Crippen molar-refractivity contribution in [1.29, 1.82) is 0 Å². The number of amides is 2. The SMILES string of the molecule is O=C(NCCNC(=O)c1ccc(O[C@H]2CC[C@@H](C(=O)O)CC2)cc1F)c1ccc(C2CC2)s1. The van der Waals surface area contributed by atoms with Crippen molar-refractivity contribution in [2.45, 2.75) is 50.5 Å². The zero-order chi connectivity index (χ0) is 23.4. The van der Waals surface area contributed by atoms with E-state index >= 15 is 0 Å². The summed E-state index contributed by atoms with van der Waals surface area (Å²) in [5.41, 5.74) is -0.101. The van der Waals surface area contributed by atoms with Gasteiger partial charge in [0.25, 0.3) is 11.8 Å². The van der Waals surface area contributed by atoms with Gasteiger partial charge in [0, 0.05) is 24.0 Å². The third kappa shape index (κ3) is 6.10. The molecule has 0 unspecified atom stereocenters. The summed E-state index contributed by atoms with van der Waals surface area (Å²) in [6.45, 7) is 0.416. The summed E-state index contributed by atoms with van der Waals surface area (Å²) in [7, 11) is 0. The van der Waals surface area contributed by atoms with E-state index in [2.05, 4.69) is 10.6 Å². The fourth-order valence-electron chi connectivity index (χ4n) is 3.97. The minimum Gasteiger partial charge on any atom is -0.490 e. The molecule has 176 valence electrons. The Bertz CT molecular complexity index is 1030. The topological polar surface area (TPSA) is 105 Å². The molecule has 2 aliphatic rings. The van der Waals surface area contributed by atoms with E-state index in [9.17, 15) is 18.8 Å². The van der Waals surface area contributed by atoms with Gasteiger partial charge in [0.1, 0.15) is 11.6 Å². The molecule has 7 nitrogen and oxygen atoms in total. The van der Waals surface area contributed by atoms with E-state index in [1.165, 1.54) is 47.3 Å². The van der Waals surface area contributed by atoms with Gasteiger partial charge < -0.3 is 20.5 Å². The first-order chi connectivity index (χ1) is 15.9. The molecule has 1 aromatic heterocycles. The second-order valence-electron chi connectivity index (χ2n) is 8.56. The average Bonchev–Trinajstić information content (AvgIpc) is 3.53. The number of hydrogen-bond donors (Lipinski definition) is 3. The Kier molecular flexibility index (Phi) is 7.27. The van der Waals surface area contributed by atoms with Crippen LogP contribution in [0.1, 0.15) is 69.3 Å². The lowest BCUT2D eigenvalue weighted by Gasteiger charge is -2.26. The van der Waals surface area contributed by atoms with E-state index < -0.39 is 17.7 Å². The highest BCUT2D eigenvalue weighted by Crippen LogP contribution is 2.43. The highest BCUT2D eigenvalue weighted by atomic mass is 32.1. The molecule has 2 aliphatic carbocycles. The maximum absolute atomic E-state index is 14.5. The molecule has 2 saturated carbocycles. The minimum absolute atomic E-state index is 0.101. The van der Waals surface area contributed by atoms with Gasteiger partial charge in [0.15, 0.2) is 0 Å². The van der Waals surface area contributed by atoms with Crippen LogP contribution >= 0.6 is 11.3 Å². The van der Waals surface area contributed by atoms with Crippen LogP contribution in [0.2, 0.25) is 0 Å². The lowest BCUT2D eigenvalue weighted by molar-refractivity contribution is -0.143. The molecule has 1 heterocycles. The van der Waals surface area contributed by atoms with Crippen molar-refractivity contribution in [1.82, 2.24) is 10.6 Å². The molecule has 0 spiro atoms. The highest BCUT2D eigenvalue weighted by Gasteiger charge is 2.27. The van der Waals surface area contributed by atoms with Crippen LogP contribution in [0.25, 0.3) is 0 Å². The standard InChI is InChI=1S/C24H27FN2O5S/c25-19-13-17(32-16-5-3-15(4-6-16)24(30)31)7-8-18(19)22(28)26-11-12-27-23(29)21-10-9-20(33-21)14-1-2-14/h7-10,13-16H,1-6,11-12H2,(H,26,28)(H,27,29)(H,30,31)/t15-,16+. The van der Waals surface area contributed by atoms with E-state index in [-0.39, 0.29) is 36.6 Å². The molecule has 2 aromatic rings. The number of halogens is 1. The van der Waals surface area contributed by atoms with Gasteiger partial charge in [-0.2, -0.15) is 0 Å². The van der Waals surface area contributed by atoms with E-state index in [0.717, 1.165) is 0 Å². The first-order valence-corrected chi connectivity index (χ1v) is 12.1. The summed E-state index contributed by atoms with van der Waals surface area (Å²) in [6.07, 6.45) is 4.48. The normalized spacial score (nSPS) is 20.2. The quantitative estimate of drug-likeness (QED) is 0.478. The van der Waals surface area contributed by atoms with Crippen LogP contribution in [0, 0.1) is 11.7 Å². The molecular weight excluding hydrogens is 447 g/mol. The number of benzene rings is 1. The molecule has 0 bridgehead atoms. The molecule has 1 aromatic carbocycles. The van der Waals surface area contributed by atoms with Gasteiger partial charge in [-0.05, 0) is 68.7 Å². The van der Waals surface area contributed by atoms with E-state index in [0.29, 0.717) is 42.2 Å². The molecular formula is C24H27FN2O5S. The van der Waals surface area contributed by atoms with E-state index in [4.69, 9.17) is 9.84 Å². The van der Waals surface area contributed by atoms with Gasteiger partial charge in [-0.25, -0.2) is 4.39 Å². The first kappa shape index (κ1) is 23.2. The molecule has 9 heteroatoms. The van der Waals surface area contributed by atoms with Crippen LogP contribution in [0.4, 0.5) is 4.39 Å². The smallest absolute Gasteiger partial charge is 0.306 e. The van der Waals surface area contributed by atoms with Crippen LogP contribution in [-0.4, -0.2) is 42.1 Å². The maximum atomic E-state index is 14.5. The first-order valence-electron chi connectivity index (χ1n) is 11.3. The number of carbonyl (C=O) groups excluding carboxylic acids is 2. The summed E-state index contributed by atoms with van der Waals surface area (Å²) in [6, 6.07) is 7.90. The van der Waals surface area contributed by atoms with Crippen molar-refractivity contribution in [3.63, 3.8) is 0 Å². The highest BCUT2D eigenvalue weighted by molar-refractivity contribution is 7.14. The number of thiophene rings is 1. The minimum atomic E-state index is -0.788. The summed E-state index contributed by atoms with van der Waals surface area (Å²) in [4.78, 5) is 37.4. The number of carboxylic acid groups (broad SMARTS) is 1. The molecule has 0 saturated heterocycles. The lowest BCUT2D eigenvalue weighted by atomic mass is 9.87. The summed E-state index contributed by atoms with van der Waals surface area (Å²) in [5.74, 6) is -1.65. The number of nitrogens with one attached hydrogen (secondary N) is 2. The fraction of sp³-hybridized carbons (Fsp3) is 0.458. The maximum Gasteiger partial charge on any atom is 0.306 e. The van der Waals surface area contributed by atoms with Crippen molar-refractivity contribution < 1.29 is 28.6 Å². The molecule has 4 rings (SSSR count). The predicted molar refractivity (Wildman–Crippen MR) is 121 cm³/mol. The number of carbonyl (C=O) groups is 3. The molecule has 0 atom stereocenters. The number of rotatable bonds is 9. The average molecular weight is 475 g/mol. The number of carboxylic acids is 1. The van der Waals surface area contributed by atoms with Crippen LogP contribution in [0.5, 0.6) is 5.75 Å². The largest absolute Gasteiger partial charge is 0.490 e. The zero-order valence-electron chi connectivity index (χ0n) is 18.1. The van der Waals surface area contributed by atoms with Crippen molar-refractivity contribution in [3.8, 4) is 5.75 Å². The molecule has 3 N–H and O–H groups in total. The molecule has 2 fully saturated rings. The number of hydrogen-bond acceptors (Lipinski definition) is 5. The van der Waals surface area contributed by atoms with Crippen LogP contribution in [0.3, 0.4) is 0 Å². The lowest BCUT2D eigenvalue weighted by Crippen LogP contribution is -2.34. The van der Waals surface area contributed by atoms with Crippen LogP contribution in [0.15, 0.2) is 30.3 Å². The summed E-state index contributed by atoms with van der Waals surface area (Å²) >= 11 is 1.50. The van der Waals surface area contributed by atoms with Crippen LogP contribution in [-0.2, 0) is 4.79 Å². The Morgan fingerprint density at radius 3 is 2.30 bits per heavy atom. The summed E-state index contributed by atoms with van der Waals surface area (Å²) in [5, 5.41) is 14.4. The van der Waals surface area contributed by atoms with E-state index in [1.54, 1.807) is 0 Å². The Balaban J connectivity index is 1.20. The molecule has 2 amide bonds. The van der Waals surface area contributed by atoms with Gasteiger partial charge in [-0.3, -0.25) is 14.4 Å². The van der Waals surface area contributed by atoms with Gasteiger partial charge in [-0.1, -0.05) is 0 Å². The Morgan fingerprint density at radius 2 is 1.67 bits per heavy atom. The molecule has 33 heavy (non-hydrogen) atoms. The molecule has 0 aliphatic heterocycles. The third-order valence-electron chi connectivity index (χ3n) is 6.04. The third-order valence-corrected chi connectivity index (χ3v) is 7.28. The van der Waals surface area contributed by atoms with Crippen molar-refractivity contribution >= 4 is 29.1 Å². The van der Waals surface area contributed by atoms with Crippen LogP contribution < -0.4 is 15.4 Å². The molecule has 0 radical (unpaired) electrons. The number of aliphatic carboxylic acids is 1. The number of ether oxygens (including phenoxy) is 1. The van der Waals surface area contributed by atoms with Gasteiger partial charge in [0.2, 0.25) is 0 Å². The second kappa shape index (κ2) is 10.3. The fourth-order valence-corrected chi connectivity index (χ4v) is 5.06. The Morgan fingerprint density at radius 1 is 0.970 bits per heavy atom. The second-order valence-corrected chi connectivity index (χ2v) is 9.67. The Labute approximate surface area is 195 Å².